The fraction of sp³-hybridized carbons (Fsp3) is 0.100. The summed E-state index contributed by atoms with van der Waals surface area (Å²) in [6.07, 6.45) is 8.40. The van der Waals surface area contributed by atoms with Crippen molar-refractivity contribution < 1.29 is 0 Å². The van der Waals surface area contributed by atoms with Gasteiger partial charge in [0.2, 0.25) is 0 Å². The molecule has 2 aliphatic rings. The topological polar surface area (TPSA) is 15.6 Å². The molecule has 0 unspecified atom stereocenters. The van der Waals surface area contributed by atoms with E-state index in [2.05, 4.69) is 39.7 Å². The molecule has 0 spiro atoms. The van der Waals surface area contributed by atoms with E-state index in [9.17, 15) is 0 Å². The molecule has 3 heterocycles. The van der Waals surface area contributed by atoms with Gasteiger partial charge in [0, 0.05) is 12.7 Å². The number of hydrogen-bond acceptors (Lipinski definition) is 3. The van der Waals surface area contributed by atoms with Crippen LogP contribution in [0, 0.1) is 0 Å². The summed E-state index contributed by atoms with van der Waals surface area (Å²) in [6, 6.07) is 2.06. The number of hydrogen-bond donors (Lipinski definition) is 0. The molecule has 0 N–H and O–H groups in total. The molecule has 0 fully saturated rings. The maximum Gasteiger partial charge on any atom is 0.133 e. The third kappa shape index (κ3) is 1.04. The molecule has 0 radical (unpaired) electrons. The Morgan fingerprint density at radius 3 is 3.46 bits per heavy atom. The third-order valence-corrected chi connectivity index (χ3v) is 3.00. The molecule has 1 aromatic heterocycles. The lowest BCUT2D eigenvalue weighted by Crippen LogP contribution is -2.32. The van der Waals surface area contributed by atoms with Crippen molar-refractivity contribution in [1.29, 1.82) is 0 Å². The van der Waals surface area contributed by atoms with Crippen LogP contribution in [0.25, 0.3) is 6.20 Å². The quantitative estimate of drug-likeness (QED) is 0.589. The summed E-state index contributed by atoms with van der Waals surface area (Å²) in [5, 5.41) is 3.18. The second-order valence-corrected chi connectivity index (χ2v) is 3.96. The molecule has 0 amide bonds. The van der Waals surface area contributed by atoms with Crippen LogP contribution in [0.2, 0.25) is 0 Å². The highest BCUT2D eigenvalue weighted by molar-refractivity contribution is 7.07. The van der Waals surface area contributed by atoms with E-state index >= 15 is 0 Å². The van der Waals surface area contributed by atoms with Crippen LogP contribution >= 0.6 is 11.3 Å². The SMILES string of the molecule is C1=CCN2C=c3sccc3=NC2=C1. The predicted molar refractivity (Wildman–Crippen MR) is 53.5 cm³/mol. The van der Waals surface area contributed by atoms with Crippen molar-refractivity contribution in [2.75, 3.05) is 6.54 Å². The van der Waals surface area contributed by atoms with Crippen molar-refractivity contribution in [3.63, 3.8) is 0 Å². The minimum absolute atomic E-state index is 0.937. The van der Waals surface area contributed by atoms with Crippen LogP contribution in [0.3, 0.4) is 0 Å². The average Bonchev–Trinajstić information content (AvgIpc) is 2.61. The number of fused-ring (bicyclic) bond motifs is 2. The van der Waals surface area contributed by atoms with Gasteiger partial charge >= 0.3 is 0 Å². The second kappa shape index (κ2) is 2.57. The van der Waals surface area contributed by atoms with Crippen LogP contribution in [0.4, 0.5) is 0 Å². The molecule has 0 bridgehead atoms. The van der Waals surface area contributed by atoms with Crippen LogP contribution < -0.4 is 9.89 Å². The van der Waals surface area contributed by atoms with E-state index in [-0.39, 0.29) is 0 Å². The molecule has 64 valence electrons. The third-order valence-electron chi connectivity index (χ3n) is 2.16. The Hall–Kier alpha value is -1.35. The van der Waals surface area contributed by atoms with Gasteiger partial charge in [-0.25, -0.2) is 4.99 Å². The minimum Gasteiger partial charge on any atom is -0.328 e. The normalized spacial score (nSPS) is 18.2. The van der Waals surface area contributed by atoms with Crippen LogP contribution in [0.15, 0.2) is 40.5 Å². The van der Waals surface area contributed by atoms with Gasteiger partial charge in [-0.1, -0.05) is 12.2 Å². The lowest BCUT2D eigenvalue weighted by Gasteiger charge is -2.22. The molecule has 2 nitrogen and oxygen atoms in total. The first kappa shape index (κ1) is 7.09. The van der Waals surface area contributed by atoms with E-state index in [4.69, 9.17) is 0 Å². The summed E-state index contributed by atoms with van der Waals surface area (Å²) < 4.78 is 1.26. The van der Waals surface area contributed by atoms with Gasteiger partial charge in [0.15, 0.2) is 0 Å². The summed E-state index contributed by atoms with van der Waals surface area (Å²) in [5.74, 6) is 1.05. The molecule has 0 aromatic carbocycles. The van der Waals surface area contributed by atoms with Gasteiger partial charge in [-0.05, 0) is 17.5 Å². The zero-order valence-electron chi connectivity index (χ0n) is 6.97. The second-order valence-electron chi connectivity index (χ2n) is 3.02. The Morgan fingerprint density at radius 2 is 2.46 bits per heavy atom. The number of nitrogens with zero attached hydrogens (tertiary/aromatic N) is 2. The van der Waals surface area contributed by atoms with Gasteiger partial charge in [0.1, 0.15) is 5.82 Å². The lowest BCUT2D eigenvalue weighted by atomic mass is 10.3. The fourth-order valence-electron chi connectivity index (χ4n) is 1.51. The number of thiophene rings is 1. The Bertz CT molecular complexity index is 507. The number of rotatable bonds is 0. The first-order valence-corrected chi connectivity index (χ1v) is 5.09. The Morgan fingerprint density at radius 1 is 1.46 bits per heavy atom. The Kier molecular flexibility index (Phi) is 1.40. The predicted octanol–water partition coefficient (Wildman–Crippen LogP) is 0.833. The average molecular weight is 188 g/mol. The van der Waals surface area contributed by atoms with E-state index < -0.39 is 0 Å². The molecule has 3 heteroatoms. The minimum atomic E-state index is 0.937. The Balaban J connectivity index is 2.30. The van der Waals surface area contributed by atoms with Crippen LogP contribution in [0.5, 0.6) is 0 Å². The largest absolute Gasteiger partial charge is 0.328 e. The molecular weight excluding hydrogens is 180 g/mol. The van der Waals surface area contributed by atoms with Crippen molar-refractivity contribution in [2.24, 2.45) is 4.99 Å². The smallest absolute Gasteiger partial charge is 0.133 e. The first-order chi connectivity index (χ1) is 6.43. The molecule has 13 heavy (non-hydrogen) atoms. The highest BCUT2D eigenvalue weighted by atomic mass is 32.1. The molecule has 0 aliphatic carbocycles. The molecule has 1 aromatic rings. The summed E-state index contributed by atoms with van der Waals surface area (Å²) in [7, 11) is 0. The molecule has 0 atom stereocenters. The first-order valence-electron chi connectivity index (χ1n) is 4.21. The summed E-state index contributed by atoms with van der Waals surface area (Å²) in [5.41, 5.74) is 0. The van der Waals surface area contributed by atoms with E-state index in [0.29, 0.717) is 0 Å². The fourth-order valence-corrected chi connectivity index (χ4v) is 2.27. The standard InChI is InChI=1S/C10H8N2S/c1-2-5-12-7-9-8(4-6-13-9)11-10(12)3-1/h1-4,6-7H,5H2. The van der Waals surface area contributed by atoms with Crippen molar-refractivity contribution in [3.05, 3.63) is 45.4 Å². The molecule has 2 aliphatic heterocycles. The number of allylic oxidation sites excluding steroid dienone is 2. The van der Waals surface area contributed by atoms with Gasteiger partial charge in [-0.2, -0.15) is 0 Å². The van der Waals surface area contributed by atoms with Gasteiger partial charge in [-0.15, -0.1) is 11.3 Å². The summed E-state index contributed by atoms with van der Waals surface area (Å²) in [4.78, 5) is 6.71. The van der Waals surface area contributed by atoms with Gasteiger partial charge in [0.05, 0.1) is 9.89 Å². The van der Waals surface area contributed by atoms with Crippen LogP contribution in [-0.2, 0) is 0 Å². The molecule has 0 saturated carbocycles. The highest BCUT2D eigenvalue weighted by Gasteiger charge is 2.10. The zero-order chi connectivity index (χ0) is 8.67. The van der Waals surface area contributed by atoms with Crippen molar-refractivity contribution >= 4 is 17.5 Å². The van der Waals surface area contributed by atoms with Crippen molar-refractivity contribution in [3.8, 4) is 0 Å². The monoisotopic (exact) mass is 188 g/mol. The summed E-state index contributed by atoms with van der Waals surface area (Å²) >= 11 is 1.74. The molecule has 3 rings (SSSR count). The van der Waals surface area contributed by atoms with Crippen LogP contribution in [-0.4, -0.2) is 11.4 Å². The summed E-state index contributed by atoms with van der Waals surface area (Å²) in [6.45, 7) is 0.937. The maximum atomic E-state index is 4.54. The zero-order valence-corrected chi connectivity index (χ0v) is 7.79. The lowest BCUT2D eigenvalue weighted by molar-refractivity contribution is 0.537. The molecular formula is C10H8N2S. The van der Waals surface area contributed by atoms with Gasteiger partial charge in [0.25, 0.3) is 0 Å². The van der Waals surface area contributed by atoms with Crippen LogP contribution in [0.1, 0.15) is 0 Å². The van der Waals surface area contributed by atoms with E-state index in [1.165, 1.54) is 4.53 Å². The molecule has 0 saturated heterocycles. The van der Waals surface area contributed by atoms with Crippen molar-refractivity contribution in [2.45, 2.75) is 0 Å². The highest BCUT2D eigenvalue weighted by Crippen LogP contribution is 2.12. The van der Waals surface area contributed by atoms with E-state index in [1.54, 1.807) is 11.3 Å². The van der Waals surface area contributed by atoms with E-state index in [0.717, 1.165) is 17.7 Å². The van der Waals surface area contributed by atoms with Gasteiger partial charge < -0.3 is 4.90 Å². The van der Waals surface area contributed by atoms with Crippen molar-refractivity contribution in [1.82, 2.24) is 4.90 Å². The van der Waals surface area contributed by atoms with Gasteiger partial charge in [-0.3, -0.25) is 0 Å². The van der Waals surface area contributed by atoms with E-state index in [1.807, 2.05) is 6.08 Å². The Labute approximate surface area is 79.8 Å². The maximum absolute atomic E-state index is 4.54.